The molecule has 0 atom stereocenters. The summed E-state index contributed by atoms with van der Waals surface area (Å²) in [6.45, 7) is 5.55. The fourth-order valence-electron chi connectivity index (χ4n) is 2.87. The molecule has 18 heavy (non-hydrogen) atoms. The van der Waals surface area contributed by atoms with Crippen LogP contribution in [0.1, 0.15) is 32.6 Å². The quantitative estimate of drug-likeness (QED) is 0.793. The number of carbonyl (C=O) groups excluding carboxylic acids is 1. The van der Waals surface area contributed by atoms with Crippen LogP contribution in [0.2, 0.25) is 0 Å². The van der Waals surface area contributed by atoms with Crippen molar-refractivity contribution in [2.45, 2.75) is 44.7 Å². The molecule has 2 N–H and O–H groups in total. The van der Waals surface area contributed by atoms with Crippen molar-refractivity contribution >= 4 is 30.7 Å². The van der Waals surface area contributed by atoms with E-state index < -0.39 is 0 Å². The van der Waals surface area contributed by atoms with Crippen LogP contribution in [-0.4, -0.2) is 54.0 Å². The van der Waals surface area contributed by atoms with Crippen molar-refractivity contribution in [1.82, 2.24) is 9.80 Å². The van der Waals surface area contributed by atoms with Gasteiger partial charge in [-0.2, -0.15) is 0 Å². The lowest BCUT2D eigenvalue weighted by Gasteiger charge is -2.41. The van der Waals surface area contributed by atoms with Crippen LogP contribution in [0.25, 0.3) is 0 Å². The van der Waals surface area contributed by atoms with Crippen LogP contribution in [0.4, 0.5) is 0 Å². The van der Waals surface area contributed by atoms with Crippen LogP contribution >= 0.6 is 24.8 Å². The maximum absolute atomic E-state index is 11.2. The van der Waals surface area contributed by atoms with Crippen LogP contribution in [0.3, 0.4) is 0 Å². The van der Waals surface area contributed by atoms with E-state index in [1.807, 2.05) is 4.90 Å². The Morgan fingerprint density at radius 1 is 1.00 bits per heavy atom. The monoisotopic (exact) mass is 297 g/mol. The topological polar surface area (TPSA) is 49.6 Å². The Labute approximate surface area is 122 Å². The van der Waals surface area contributed by atoms with Crippen molar-refractivity contribution in [3.63, 3.8) is 0 Å². The predicted octanol–water partition coefficient (Wildman–Crippen LogP) is 1.26. The lowest BCUT2D eigenvalue weighted by atomic mass is 9.90. The lowest BCUT2D eigenvalue weighted by Crippen LogP contribution is -2.52. The molecular formula is C12H25Cl2N3O. The van der Waals surface area contributed by atoms with Gasteiger partial charge >= 0.3 is 0 Å². The van der Waals surface area contributed by atoms with Crippen molar-refractivity contribution in [2.24, 2.45) is 5.73 Å². The summed E-state index contributed by atoms with van der Waals surface area (Å²) in [6, 6.07) is 1.14. The Kier molecular flexibility index (Phi) is 8.19. The van der Waals surface area contributed by atoms with Gasteiger partial charge in [0.15, 0.2) is 0 Å². The number of piperazine rings is 1. The van der Waals surface area contributed by atoms with E-state index in [2.05, 4.69) is 4.90 Å². The fourth-order valence-corrected chi connectivity index (χ4v) is 2.87. The second-order valence-electron chi connectivity index (χ2n) is 5.11. The molecule has 1 saturated carbocycles. The summed E-state index contributed by atoms with van der Waals surface area (Å²) in [6.07, 6.45) is 4.80. The Balaban J connectivity index is 0.00000144. The number of hydrogen-bond donors (Lipinski definition) is 1. The minimum Gasteiger partial charge on any atom is -0.340 e. The third-order valence-corrected chi connectivity index (χ3v) is 4.02. The number of nitrogens with two attached hydrogens (primary N) is 1. The van der Waals surface area contributed by atoms with Gasteiger partial charge in [0, 0.05) is 45.2 Å². The van der Waals surface area contributed by atoms with Gasteiger partial charge in [-0.25, -0.2) is 0 Å². The van der Waals surface area contributed by atoms with Crippen LogP contribution in [0.15, 0.2) is 0 Å². The van der Waals surface area contributed by atoms with Gasteiger partial charge in [-0.3, -0.25) is 9.69 Å². The van der Waals surface area contributed by atoms with E-state index in [1.165, 1.54) is 12.8 Å². The molecule has 6 heteroatoms. The molecule has 0 aromatic heterocycles. The lowest BCUT2D eigenvalue weighted by molar-refractivity contribution is -0.131. The normalized spacial score (nSPS) is 29.1. The van der Waals surface area contributed by atoms with Crippen molar-refractivity contribution in [2.75, 3.05) is 26.2 Å². The zero-order valence-electron chi connectivity index (χ0n) is 11.0. The van der Waals surface area contributed by atoms with E-state index in [0.29, 0.717) is 12.1 Å². The number of amides is 1. The van der Waals surface area contributed by atoms with E-state index in [4.69, 9.17) is 5.73 Å². The summed E-state index contributed by atoms with van der Waals surface area (Å²) in [5.74, 6) is 0.213. The molecule has 108 valence electrons. The van der Waals surface area contributed by atoms with Gasteiger partial charge in [0.25, 0.3) is 0 Å². The van der Waals surface area contributed by atoms with Gasteiger partial charge in [-0.15, -0.1) is 24.8 Å². The Bertz CT molecular complexity index is 250. The van der Waals surface area contributed by atoms with Crippen molar-refractivity contribution in [3.8, 4) is 0 Å². The average Bonchev–Trinajstić information content (AvgIpc) is 2.30. The summed E-state index contributed by atoms with van der Waals surface area (Å²) < 4.78 is 0. The van der Waals surface area contributed by atoms with Gasteiger partial charge in [0.05, 0.1) is 0 Å². The molecule has 1 amide bonds. The van der Waals surface area contributed by atoms with E-state index in [9.17, 15) is 4.79 Å². The van der Waals surface area contributed by atoms with E-state index in [1.54, 1.807) is 6.92 Å². The van der Waals surface area contributed by atoms with Gasteiger partial charge in [-0.05, 0) is 25.7 Å². The van der Waals surface area contributed by atoms with Crippen LogP contribution < -0.4 is 5.73 Å². The SMILES string of the molecule is CC(=O)N1CCN(C2CCC(N)CC2)CC1.Cl.Cl. The summed E-state index contributed by atoms with van der Waals surface area (Å²) in [4.78, 5) is 15.7. The van der Waals surface area contributed by atoms with Crippen molar-refractivity contribution in [3.05, 3.63) is 0 Å². The summed E-state index contributed by atoms with van der Waals surface area (Å²) in [5, 5.41) is 0. The molecule has 1 saturated heterocycles. The zero-order chi connectivity index (χ0) is 11.5. The first-order valence-corrected chi connectivity index (χ1v) is 6.42. The van der Waals surface area contributed by atoms with Gasteiger partial charge in [-0.1, -0.05) is 0 Å². The van der Waals surface area contributed by atoms with Crippen LogP contribution in [0, 0.1) is 0 Å². The summed E-state index contributed by atoms with van der Waals surface area (Å²) >= 11 is 0. The highest BCUT2D eigenvalue weighted by atomic mass is 35.5. The first kappa shape index (κ1) is 18.0. The van der Waals surface area contributed by atoms with Crippen LogP contribution in [0.5, 0.6) is 0 Å². The molecule has 1 aliphatic carbocycles. The van der Waals surface area contributed by atoms with E-state index >= 15 is 0 Å². The molecule has 0 aromatic carbocycles. The molecule has 0 spiro atoms. The minimum absolute atomic E-state index is 0. The molecule has 0 bridgehead atoms. The summed E-state index contributed by atoms with van der Waals surface area (Å²) in [7, 11) is 0. The maximum atomic E-state index is 11.2. The Morgan fingerprint density at radius 2 is 1.50 bits per heavy atom. The van der Waals surface area contributed by atoms with Crippen molar-refractivity contribution < 1.29 is 4.79 Å². The number of carbonyl (C=O) groups is 1. The first-order chi connectivity index (χ1) is 7.66. The van der Waals surface area contributed by atoms with E-state index in [-0.39, 0.29) is 30.7 Å². The van der Waals surface area contributed by atoms with Gasteiger partial charge in [0.2, 0.25) is 5.91 Å². The summed E-state index contributed by atoms with van der Waals surface area (Å²) in [5.41, 5.74) is 5.92. The number of rotatable bonds is 1. The standard InChI is InChI=1S/C12H23N3O.2ClH/c1-10(16)14-6-8-15(9-7-14)12-4-2-11(13)3-5-12;;/h11-12H,2-9,13H2,1H3;2*1H. The molecule has 0 radical (unpaired) electrons. The number of nitrogens with zero attached hydrogens (tertiary/aromatic N) is 2. The predicted molar refractivity (Wildman–Crippen MR) is 78.6 cm³/mol. The molecule has 1 heterocycles. The second kappa shape index (κ2) is 8.20. The molecule has 2 aliphatic rings. The molecule has 1 aliphatic heterocycles. The largest absolute Gasteiger partial charge is 0.340 e. The highest BCUT2D eigenvalue weighted by Gasteiger charge is 2.27. The molecule has 4 nitrogen and oxygen atoms in total. The number of hydrogen-bond acceptors (Lipinski definition) is 3. The second-order valence-corrected chi connectivity index (χ2v) is 5.11. The van der Waals surface area contributed by atoms with Gasteiger partial charge in [0.1, 0.15) is 0 Å². The molecule has 2 rings (SSSR count). The third-order valence-electron chi connectivity index (χ3n) is 4.02. The highest BCUT2D eigenvalue weighted by Crippen LogP contribution is 2.23. The Morgan fingerprint density at radius 3 is 1.94 bits per heavy atom. The molecular weight excluding hydrogens is 273 g/mol. The Hall–Kier alpha value is -0.0300. The van der Waals surface area contributed by atoms with Crippen molar-refractivity contribution in [1.29, 1.82) is 0 Å². The molecule has 0 unspecified atom stereocenters. The van der Waals surface area contributed by atoms with Gasteiger partial charge < -0.3 is 10.6 Å². The fraction of sp³-hybridized carbons (Fsp3) is 0.917. The number of halogens is 2. The first-order valence-electron chi connectivity index (χ1n) is 6.42. The third kappa shape index (κ3) is 4.57. The van der Waals surface area contributed by atoms with E-state index in [0.717, 1.165) is 39.0 Å². The minimum atomic E-state index is 0. The maximum Gasteiger partial charge on any atom is 0.219 e. The van der Waals surface area contributed by atoms with Crippen LogP contribution in [-0.2, 0) is 4.79 Å². The molecule has 0 aromatic rings. The molecule has 2 fully saturated rings. The zero-order valence-corrected chi connectivity index (χ0v) is 12.6. The smallest absolute Gasteiger partial charge is 0.219 e. The highest BCUT2D eigenvalue weighted by molar-refractivity contribution is 5.85. The average molecular weight is 298 g/mol.